The van der Waals surface area contributed by atoms with E-state index in [0.717, 1.165) is 18.8 Å². The first-order valence-corrected chi connectivity index (χ1v) is 7.59. The summed E-state index contributed by atoms with van der Waals surface area (Å²) in [5.74, 6) is -0.288. The average Bonchev–Trinajstić information content (AvgIpc) is 2.88. The van der Waals surface area contributed by atoms with Crippen LogP contribution in [0.1, 0.15) is 31.1 Å². The number of carbonyl (C=O) groups is 1. The lowest BCUT2D eigenvalue weighted by atomic mass is 10.1. The Morgan fingerprint density at radius 3 is 2.65 bits per heavy atom. The molecule has 0 amide bonds. The van der Waals surface area contributed by atoms with Crippen molar-refractivity contribution in [2.75, 3.05) is 18.4 Å². The fourth-order valence-corrected chi connectivity index (χ4v) is 2.43. The first kappa shape index (κ1) is 14.9. The molecule has 1 unspecified atom stereocenters. The van der Waals surface area contributed by atoms with Gasteiger partial charge in [0.15, 0.2) is 0 Å². The Balaban J connectivity index is 1.87. The van der Waals surface area contributed by atoms with Crippen LogP contribution in [0.25, 0.3) is 0 Å². The van der Waals surface area contributed by atoms with Gasteiger partial charge in [-0.3, -0.25) is 4.99 Å². The molecule has 0 saturated carbocycles. The molecule has 1 atom stereocenters. The van der Waals surface area contributed by atoms with Gasteiger partial charge in [0.1, 0.15) is 5.60 Å². The summed E-state index contributed by atoms with van der Waals surface area (Å²) in [5.41, 5.74) is 3.01. The number of rotatable bonds is 4. The molecule has 20 heavy (non-hydrogen) atoms. The number of hydrogen-bond acceptors (Lipinski definition) is 5. The molecule has 1 aromatic rings. The van der Waals surface area contributed by atoms with Gasteiger partial charge < -0.3 is 10.1 Å². The van der Waals surface area contributed by atoms with Crippen LogP contribution in [0, 0.1) is 0 Å². The van der Waals surface area contributed by atoms with E-state index in [-0.39, 0.29) is 5.97 Å². The van der Waals surface area contributed by atoms with E-state index >= 15 is 0 Å². The highest BCUT2D eigenvalue weighted by Crippen LogP contribution is 2.17. The molecule has 5 heteroatoms. The highest BCUT2D eigenvalue weighted by atomic mass is 32.2. The quantitative estimate of drug-likeness (QED) is 0.866. The van der Waals surface area contributed by atoms with Gasteiger partial charge in [-0.15, -0.1) is 11.8 Å². The molecule has 0 radical (unpaired) electrons. The number of nitrogens with one attached hydrogen (secondary N) is 1. The van der Waals surface area contributed by atoms with Crippen LogP contribution in [-0.4, -0.2) is 35.5 Å². The summed E-state index contributed by atoms with van der Waals surface area (Å²) in [6.07, 6.45) is 0. The van der Waals surface area contributed by atoms with Crippen LogP contribution in [0.2, 0.25) is 0 Å². The van der Waals surface area contributed by atoms with Crippen molar-refractivity contribution in [3.63, 3.8) is 0 Å². The number of ether oxygens (including phenoxy) is 1. The zero-order valence-electron chi connectivity index (χ0n) is 12.1. The summed E-state index contributed by atoms with van der Waals surface area (Å²) < 4.78 is 5.33. The monoisotopic (exact) mass is 292 g/mol. The van der Waals surface area contributed by atoms with Gasteiger partial charge in [-0.2, -0.15) is 0 Å². The average molecular weight is 292 g/mol. The second-order valence-corrected chi connectivity index (χ2v) is 6.84. The largest absolute Gasteiger partial charge is 0.456 e. The highest BCUT2D eigenvalue weighted by Gasteiger charge is 2.17. The molecule has 1 aliphatic heterocycles. The maximum Gasteiger partial charge on any atom is 0.338 e. The molecule has 0 fully saturated rings. The van der Waals surface area contributed by atoms with Gasteiger partial charge in [-0.05, 0) is 45.0 Å². The summed E-state index contributed by atoms with van der Waals surface area (Å²) in [6, 6.07) is 7.38. The lowest BCUT2D eigenvalue weighted by Gasteiger charge is -2.19. The Kier molecular flexibility index (Phi) is 4.70. The van der Waals surface area contributed by atoms with E-state index in [0.29, 0.717) is 10.8 Å². The number of aliphatic imine (C=N–C) groups is 1. The summed E-state index contributed by atoms with van der Waals surface area (Å²) in [7, 11) is 0. The number of hydrogen-bond donors (Lipinski definition) is 1. The third kappa shape index (κ3) is 4.56. The van der Waals surface area contributed by atoms with Crippen molar-refractivity contribution in [1.29, 1.82) is 0 Å². The van der Waals surface area contributed by atoms with E-state index in [9.17, 15) is 4.79 Å². The molecule has 0 aliphatic carbocycles. The molecule has 108 valence electrons. The molecule has 0 spiro atoms. The first-order chi connectivity index (χ1) is 9.44. The number of benzene rings is 1. The van der Waals surface area contributed by atoms with Crippen LogP contribution < -0.4 is 5.32 Å². The van der Waals surface area contributed by atoms with E-state index in [2.05, 4.69) is 10.3 Å². The van der Waals surface area contributed by atoms with Gasteiger partial charge >= 0.3 is 5.97 Å². The van der Waals surface area contributed by atoms with Gasteiger partial charge in [0, 0.05) is 17.5 Å². The van der Waals surface area contributed by atoms with Gasteiger partial charge in [-0.25, -0.2) is 4.79 Å². The summed E-state index contributed by atoms with van der Waals surface area (Å²) in [6.45, 7) is 7.33. The van der Waals surface area contributed by atoms with E-state index in [1.54, 1.807) is 23.9 Å². The van der Waals surface area contributed by atoms with Crippen molar-refractivity contribution in [3.05, 3.63) is 29.8 Å². The number of carbonyl (C=O) groups excluding carboxylic acids is 1. The lowest BCUT2D eigenvalue weighted by Crippen LogP contribution is -2.23. The van der Waals surface area contributed by atoms with Crippen molar-refractivity contribution in [2.24, 2.45) is 4.99 Å². The van der Waals surface area contributed by atoms with E-state index in [1.165, 1.54) is 0 Å². The topological polar surface area (TPSA) is 50.7 Å². The SMILES string of the molecule is CC(C)(C)OC(=O)c1ccc(NCC2CN=CS2)cc1. The Hall–Kier alpha value is -1.49. The fourth-order valence-electron chi connectivity index (χ4n) is 1.74. The van der Waals surface area contributed by atoms with Gasteiger partial charge in [-0.1, -0.05) is 0 Å². The molecule has 4 nitrogen and oxygen atoms in total. The van der Waals surface area contributed by atoms with Gasteiger partial charge in [0.2, 0.25) is 0 Å². The Bertz CT molecular complexity index is 484. The van der Waals surface area contributed by atoms with Crippen molar-refractivity contribution in [3.8, 4) is 0 Å². The van der Waals surface area contributed by atoms with Crippen LogP contribution in [0.5, 0.6) is 0 Å². The van der Waals surface area contributed by atoms with E-state index in [4.69, 9.17) is 4.74 Å². The standard InChI is InChI=1S/C15H20N2O2S/c1-15(2,3)19-14(18)11-4-6-12(7-5-11)17-9-13-8-16-10-20-13/h4-7,10,13,17H,8-9H2,1-3H3. The summed E-state index contributed by atoms with van der Waals surface area (Å²) >= 11 is 1.75. The first-order valence-electron chi connectivity index (χ1n) is 6.65. The molecule has 1 N–H and O–H groups in total. The molecule has 0 bridgehead atoms. The van der Waals surface area contributed by atoms with Gasteiger partial charge in [0.05, 0.1) is 17.7 Å². The minimum Gasteiger partial charge on any atom is -0.456 e. The maximum absolute atomic E-state index is 11.9. The van der Waals surface area contributed by atoms with Crippen LogP contribution in [0.15, 0.2) is 29.3 Å². The number of nitrogens with zero attached hydrogens (tertiary/aromatic N) is 1. The van der Waals surface area contributed by atoms with Crippen molar-refractivity contribution < 1.29 is 9.53 Å². The molecule has 1 heterocycles. The third-order valence-electron chi connectivity index (χ3n) is 2.69. The minimum absolute atomic E-state index is 0.288. The normalized spacial score (nSPS) is 18.1. The molecular weight excluding hydrogens is 272 g/mol. The molecule has 1 aliphatic rings. The lowest BCUT2D eigenvalue weighted by molar-refractivity contribution is 0.00696. The predicted molar refractivity (Wildman–Crippen MR) is 84.8 cm³/mol. The summed E-state index contributed by atoms with van der Waals surface area (Å²) in [5, 5.41) is 3.85. The Morgan fingerprint density at radius 2 is 2.10 bits per heavy atom. The Morgan fingerprint density at radius 1 is 1.40 bits per heavy atom. The van der Waals surface area contributed by atoms with E-state index < -0.39 is 5.60 Å². The molecule has 1 aromatic carbocycles. The molecule has 0 saturated heterocycles. The number of esters is 1. The maximum atomic E-state index is 11.9. The van der Waals surface area contributed by atoms with Crippen molar-refractivity contribution in [1.82, 2.24) is 0 Å². The minimum atomic E-state index is -0.465. The molecule has 0 aromatic heterocycles. The predicted octanol–water partition coefficient (Wildman–Crippen LogP) is 3.20. The Labute approximate surface area is 124 Å². The third-order valence-corrected chi connectivity index (χ3v) is 3.66. The van der Waals surface area contributed by atoms with Crippen LogP contribution in [0.4, 0.5) is 5.69 Å². The van der Waals surface area contributed by atoms with Crippen LogP contribution in [-0.2, 0) is 4.74 Å². The zero-order chi connectivity index (χ0) is 14.6. The van der Waals surface area contributed by atoms with Crippen LogP contribution >= 0.6 is 11.8 Å². The van der Waals surface area contributed by atoms with Crippen molar-refractivity contribution in [2.45, 2.75) is 31.6 Å². The second kappa shape index (κ2) is 6.31. The van der Waals surface area contributed by atoms with E-state index in [1.807, 2.05) is 38.5 Å². The zero-order valence-corrected chi connectivity index (χ0v) is 12.9. The fraction of sp³-hybridized carbons (Fsp3) is 0.467. The number of anilines is 1. The number of thioether (sulfide) groups is 1. The van der Waals surface area contributed by atoms with Gasteiger partial charge in [0.25, 0.3) is 0 Å². The second-order valence-electron chi connectivity index (χ2n) is 5.69. The smallest absolute Gasteiger partial charge is 0.338 e. The van der Waals surface area contributed by atoms with Crippen LogP contribution in [0.3, 0.4) is 0 Å². The highest BCUT2D eigenvalue weighted by molar-refractivity contribution is 8.12. The summed E-state index contributed by atoms with van der Waals surface area (Å²) in [4.78, 5) is 16.1. The molecular formula is C15H20N2O2S. The molecule has 2 rings (SSSR count). The van der Waals surface area contributed by atoms with Crippen molar-refractivity contribution >= 4 is 29.0 Å².